The summed E-state index contributed by atoms with van der Waals surface area (Å²) >= 11 is 0. The summed E-state index contributed by atoms with van der Waals surface area (Å²) in [6, 6.07) is 11.7. The van der Waals surface area contributed by atoms with E-state index in [1.165, 1.54) is 5.56 Å². The van der Waals surface area contributed by atoms with Crippen molar-refractivity contribution in [2.45, 2.75) is 32.4 Å². The largest absolute Gasteiger partial charge is 0.371 e. The Morgan fingerprint density at radius 1 is 1.12 bits per heavy atom. The Balaban J connectivity index is 1.37. The maximum absolute atomic E-state index is 13.3. The molecule has 1 aliphatic heterocycles. The van der Waals surface area contributed by atoms with Gasteiger partial charge in [0.25, 0.3) is 0 Å². The lowest BCUT2D eigenvalue weighted by atomic mass is 10.0. The fraction of sp³-hybridized carbons (Fsp3) is 0.400. The minimum Gasteiger partial charge on any atom is -0.371 e. The van der Waals surface area contributed by atoms with Crippen LogP contribution in [0.15, 0.2) is 41.0 Å². The Hall–Kier alpha value is -2.47. The zero-order valence-corrected chi connectivity index (χ0v) is 15.2. The normalized spacial score (nSPS) is 15.9. The van der Waals surface area contributed by atoms with Crippen LogP contribution >= 0.6 is 0 Å². The molecule has 0 aliphatic carbocycles. The minimum absolute atomic E-state index is 0.167. The van der Waals surface area contributed by atoms with Crippen LogP contribution in [0.1, 0.15) is 24.0 Å². The summed E-state index contributed by atoms with van der Waals surface area (Å²) in [7, 11) is 2.18. The summed E-state index contributed by atoms with van der Waals surface area (Å²) in [5, 5.41) is 7.77. The monoisotopic (exact) mass is 354 g/mol. The molecule has 2 aromatic carbocycles. The van der Waals surface area contributed by atoms with Gasteiger partial charge < -0.3 is 4.90 Å². The van der Waals surface area contributed by atoms with Crippen molar-refractivity contribution in [1.82, 2.24) is 15.2 Å². The molecule has 136 valence electrons. The van der Waals surface area contributed by atoms with Crippen LogP contribution in [0.4, 0.5) is 10.1 Å². The van der Waals surface area contributed by atoms with Gasteiger partial charge in [-0.1, -0.05) is 6.07 Å². The van der Waals surface area contributed by atoms with E-state index in [1.807, 2.05) is 25.1 Å². The van der Waals surface area contributed by atoms with Gasteiger partial charge >= 0.3 is 0 Å². The van der Waals surface area contributed by atoms with E-state index in [0.717, 1.165) is 54.8 Å². The van der Waals surface area contributed by atoms with E-state index in [-0.39, 0.29) is 5.82 Å². The summed E-state index contributed by atoms with van der Waals surface area (Å²) in [6.45, 7) is 4.84. The molecule has 0 radical (unpaired) electrons. The molecule has 0 atom stereocenters. The van der Waals surface area contributed by atoms with Crippen molar-refractivity contribution in [2.75, 3.05) is 25.0 Å². The molecule has 1 saturated heterocycles. The van der Waals surface area contributed by atoms with Crippen molar-refractivity contribution >= 4 is 16.7 Å². The summed E-state index contributed by atoms with van der Waals surface area (Å²) in [5.41, 5.74) is 4.97. The molecule has 6 heteroatoms. The summed E-state index contributed by atoms with van der Waals surface area (Å²) in [5.74, 6) is -0.167. The number of fused-ring (bicyclic) bond motifs is 1. The molecule has 0 bridgehead atoms. The van der Waals surface area contributed by atoms with Crippen LogP contribution in [0.3, 0.4) is 0 Å². The first-order valence-electron chi connectivity index (χ1n) is 9.03. The van der Waals surface area contributed by atoms with Crippen LogP contribution in [-0.4, -0.2) is 41.4 Å². The second-order valence-corrected chi connectivity index (χ2v) is 7.15. The number of piperidine rings is 1. The third-order valence-electron chi connectivity index (χ3n) is 5.34. The van der Waals surface area contributed by atoms with Gasteiger partial charge in [-0.3, -0.25) is 4.90 Å². The number of rotatable bonds is 4. The summed E-state index contributed by atoms with van der Waals surface area (Å²) < 4.78 is 18.1. The predicted molar refractivity (Wildman–Crippen MR) is 99.6 cm³/mol. The Morgan fingerprint density at radius 2 is 1.88 bits per heavy atom. The fourth-order valence-corrected chi connectivity index (χ4v) is 3.86. The molecule has 4 rings (SSSR count). The molecule has 3 aromatic rings. The Morgan fingerprint density at radius 3 is 2.65 bits per heavy atom. The van der Waals surface area contributed by atoms with E-state index in [4.69, 9.17) is 4.63 Å². The maximum atomic E-state index is 13.3. The lowest BCUT2D eigenvalue weighted by Crippen LogP contribution is -2.43. The zero-order valence-electron chi connectivity index (χ0n) is 15.2. The molecular weight excluding hydrogens is 331 g/mol. The quantitative estimate of drug-likeness (QED) is 0.714. The number of aromatic nitrogens is 2. The Bertz CT molecular complexity index is 902. The first-order valence-corrected chi connectivity index (χ1v) is 9.03. The van der Waals surface area contributed by atoms with Crippen molar-refractivity contribution in [3.8, 4) is 0 Å². The van der Waals surface area contributed by atoms with Gasteiger partial charge in [-0.2, -0.15) is 0 Å². The number of hydrogen-bond acceptors (Lipinski definition) is 5. The van der Waals surface area contributed by atoms with Crippen LogP contribution in [-0.2, 0) is 6.54 Å². The fourth-order valence-electron chi connectivity index (χ4n) is 3.86. The molecule has 0 saturated carbocycles. The highest BCUT2D eigenvalue weighted by molar-refractivity contribution is 5.73. The van der Waals surface area contributed by atoms with E-state index < -0.39 is 0 Å². The highest BCUT2D eigenvalue weighted by Crippen LogP contribution is 2.26. The van der Waals surface area contributed by atoms with Crippen LogP contribution in [0.5, 0.6) is 0 Å². The molecule has 5 nitrogen and oxygen atoms in total. The SMILES string of the molecule is Cc1cc(F)ccc1N1CCC(N(C)Cc2ccc3nonc3c2)CC1. The van der Waals surface area contributed by atoms with Crippen LogP contribution in [0, 0.1) is 12.7 Å². The molecule has 1 aromatic heterocycles. The third-order valence-corrected chi connectivity index (χ3v) is 5.34. The van der Waals surface area contributed by atoms with Gasteiger partial charge in [0.2, 0.25) is 0 Å². The number of halogens is 1. The molecular formula is C20H23FN4O. The third kappa shape index (κ3) is 3.42. The van der Waals surface area contributed by atoms with E-state index in [1.54, 1.807) is 12.1 Å². The van der Waals surface area contributed by atoms with Gasteiger partial charge in [-0.15, -0.1) is 0 Å². The summed E-state index contributed by atoms with van der Waals surface area (Å²) in [4.78, 5) is 4.77. The second kappa shape index (κ2) is 7.03. The standard InChI is InChI=1S/C20H23FN4O/c1-14-11-16(21)4-6-20(14)25-9-7-17(8-10-25)24(2)13-15-3-5-18-19(12-15)23-26-22-18/h3-6,11-12,17H,7-10,13H2,1-2H3. The summed E-state index contributed by atoms with van der Waals surface area (Å²) in [6.07, 6.45) is 2.20. The van der Waals surface area contributed by atoms with Crippen molar-refractivity contribution in [3.63, 3.8) is 0 Å². The van der Waals surface area contributed by atoms with Crippen LogP contribution in [0.2, 0.25) is 0 Å². The van der Waals surface area contributed by atoms with Crippen molar-refractivity contribution in [3.05, 3.63) is 53.3 Å². The average Bonchev–Trinajstić information content (AvgIpc) is 3.10. The van der Waals surface area contributed by atoms with E-state index in [2.05, 4.69) is 33.2 Å². The maximum Gasteiger partial charge on any atom is 0.135 e. The Labute approximate surface area is 152 Å². The smallest absolute Gasteiger partial charge is 0.135 e. The molecule has 0 unspecified atom stereocenters. The predicted octanol–water partition coefficient (Wildman–Crippen LogP) is 3.77. The molecule has 2 heterocycles. The van der Waals surface area contributed by atoms with Gasteiger partial charge in [0.15, 0.2) is 0 Å². The Kier molecular flexibility index (Phi) is 4.59. The first kappa shape index (κ1) is 17.0. The number of hydrogen-bond donors (Lipinski definition) is 0. The van der Waals surface area contributed by atoms with E-state index >= 15 is 0 Å². The van der Waals surface area contributed by atoms with E-state index in [0.29, 0.717) is 6.04 Å². The number of aryl methyl sites for hydroxylation is 1. The first-order chi connectivity index (χ1) is 12.6. The molecule has 0 N–H and O–H groups in total. The van der Waals surface area contributed by atoms with Gasteiger partial charge in [0, 0.05) is 31.4 Å². The molecule has 0 amide bonds. The van der Waals surface area contributed by atoms with Gasteiger partial charge in [-0.25, -0.2) is 9.02 Å². The van der Waals surface area contributed by atoms with Crippen molar-refractivity contribution in [2.24, 2.45) is 0 Å². The van der Waals surface area contributed by atoms with E-state index in [9.17, 15) is 4.39 Å². The lowest BCUT2D eigenvalue weighted by molar-refractivity contribution is 0.200. The van der Waals surface area contributed by atoms with Gasteiger partial charge in [0.05, 0.1) is 0 Å². The number of anilines is 1. The molecule has 1 aliphatic rings. The zero-order chi connectivity index (χ0) is 18.1. The van der Waals surface area contributed by atoms with Crippen LogP contribution < -0.4 is 4.90 Å². The number of nitrogens with zero attached hydrogens (tertiary/aromatic N) is 4. The molecule has 0 spiro atoms. The van der Waals surface area contributed by atoms with Crippen LogP contribution in [0.25, 0.3) is 11.0 Å². The van der Waals surface area contributed by atoms with Crippen molar-refractivity contribution < 1.29 is 9.02 Å². The topological polar surface area (TPSA) is 45.4 Å². The molecule has 26 heavy (non-hydrogen) atoms. The minimum atomic E-state index is -0.167. The highest BCUT2D eigenvalue weighted by Gasteiger charge is 2.23. The van der Waals surface area contributed by atoms with Gasteiger partial charge in [-0.05, 0) is 78.6 Å². The lowest BCUT2D eigenvalue weighted by Gasteiger charge is -2.38. The average molecular weight is 354 g/mol. The highest BCUT2D eigenvalue weighted by atomic mass is 19.1. The number of benzene rings is 2. The van der Waals surface area contributed by atoms with Crippen molar-refractivity contribution in [1.29, 1.82) is 0 Å². The van der Waals surface area contributed by atoms with Gasteiger partial charge in [0.1, 0.15) is 16.9 Å². The second-order valence-electron chi connectivity index (χ2n) is 7.15. The molecule has 1 fully saturated rings.